The molecule has 11 nitrogen and oxygen atoms in total. The minimum atomic E-state index is -4.80. The highest BCUT2D eigenvalue weighted by Gasteiger charge is 2.36. The predicted octanol–water partition coefficient (Wildman–Crippen LogP) is 5.00. The van der Waals surface area contributed by atoms with Crippen molar-refractivity contribution in [2.45, 2.75) is 32.7 Å². The second kappa shape index (κ2) is 12.9. The van der Waals surface area contributed by atoms with E-state index < -0.39 is 28.9 Å². The van der Waals surface area contributed by atoms with Crippen molar-refractivity contribution in [2.75, 3.05) is 31.4 Å². The molecule has 228 valence electrons. The van der Waals surface area contributed by atoms with E-state index >= 15 is 0 Å². The average molecular weight is 617 g/mol. The number of ether oxygens (including phenoxy) is 1. The lowest BCUT2D eigenvalue weighted by atomic mass is 9.95. The van der Waals surface area contributed by atoms with Crippen molar-refractivity contribution in [1.82, 2.24) is 30.0 Å². The molecule has 0 bridgehead atoms. The maximum absolute atomic E-state index is 14.0. The molecule has 1 unspecified atom stereocenters. The summed E-state index contributed by atoms with van der Waals surface area (Å²) in [5.74, 6) is -0.873. The number of rotatable bonds is 11. The summed E-state index contributed by atoms with van der Waals surface area (Å²) in [6.45, 7) is 4.17. The van der Waals surface area contributed by atoms with Crippen LogP contribution in [-0.4, -0.2) is 56.5 Å². The SMILES string of the molecule is CNC(=O)c1nc(-c2cnn(CC(C)(C)CO)c2)ccc1Nc1nc(Nc2ccc(CP)cc2OC)ncc1C(F)(F)F. The number of aliphatic hydroxyl groups is 1. The van der Waals surface area contributed by atoms with Gasteiger partial charge in [0.25, 0.3) is 5.91 Å². The largest absolute Gasteiger partial charge is 0.495 e. The first-order valence-electron chi connectivity index (χ1n) is 13.1. The van der Waals surface area contributed by atoms with E-state index in [-0.39, 0.29) is 23.9 Å². The minimum absolute atomic E-state index is 0.00515. The van der Waals surface area contributed by atoms with E-state index in [0.29, 0.717) is 41.6 Å². The summed E-state index contributed by atoms with van der Waals surface area (Å²) in [6.07, 6.45) is -0.181. The molecule has 3 heterocycles. The highest BCUT2D eigenvalue weighted by atomic mass is 31.0. The Hall–Kier alpha value is -4.29. The fourth-order valence-electron chi connectivity index (χ4n) is 4.04. The normalized spacial score (nSPS) is 11.7. The maximum Gasteiger partial charge on any atom is 0.421 e. The van der Waals surface area contributed by atoms with E-state index in [0.717, 1.165) is 5.56 Å². The molecule has 43 heavy (non-hydrogen) atoms. The number of benzene rings is 1. The molecule has 1 amide bonds. The van der Waals surface area contributed by atoms with Crippen LogP contribution in [0, 0.1) is 5.41 Å². The van der Waals surface area contributed by atoms with Gasteiger partial charge in [0.2, 0.25) is 5.95 Å². The third-order valence-corrected chi connectivity index (χ3v) is 6.85. The van der Waals surface area contributed by atoms with E-state index in [9.17, 15) is 23.1 Å². The molecule has 0 aliphatic carbocycles. The van der Waals surface area contributed by atoms with Gasteiger partial charge < -0.3 is 25.8 Å². The first-order chi connectivity index (χ1) is 20.4. The van der Waals surface area contributed by atoms with E-state index in [1.54, 1.807) is 35.3 Å². The Morgan fingerprint density at radius 2 is 1.84 bits per heavy atom. The fourth-order valence-corrected chi connectivity index (χ4v) is 4.30. The quantitative estimate of drug-likeness (QED) is 0.172. The molecule has 3 aromatic heterocycles. The lowest BCUT2D eigenvalue weighted by Crippen LogP contribution is -2.23. The van der Waals surface area contributed by atoms with Gasteiger partial charge in [-0.15, -0.1) is 9.24 Å². The Morgan fingerprint density at radius 3 is 2.49 bits per heavy atom. The first-order valence-corrected chi connectivity index (χ1v) is 13.9. The van der Waals surface area contributed by atoms with Crippen LogP contribution in [0.1, 0.15) is 35.5 Å². The number of anilines is 4. The van der Waals surface area contributed by atoms with Gasteiger partial charge in [-0.1, -0.05) is 19.9 Å². The van der Waals surface area contributed by atoms with Gasteiger partial charge in [0.1, 0.15) is 17.1 Å². The number of nitrogens with one attached hydrogen (secondary N) is 3. The summed E-state index contributed by atoms with van der Waals surface area (Å²) in [5.41, 5.74) is 0.674. The second-order valence-electron chi connectivity index (χ2n) is 10.4. The lowest BCUT2D eigenvalue weighted by Gasteiger charge is -2.20. The van der Waals surface area contributed by atoms with Gasteiger partial charge in [0.15, 0.2) is 5.69 Å². The van der Waals surface area contributed by atoms with Gasteiger partial charge in [0, 0.05) is 43.6 Å². The van der Waals surface area contributed by atoms with Gasteiger partial charge in [-0.05, 0) is 36.0 Å². The van der Waals surface area contributed by atoms with Crippen molar-refractivity contribution < 1.29 is 27.8 Å². The van der Waals surface area contributed by atoms with Crippen molar-refractivity contribution in [2.24, 2.45) is 5.41 Å². The number of aromatic nitrogens is 5. The van der Waals surface area contributed by atoms with Crippen LogP contribution in [0.5, 0.6) is 5.75 Å². The molecule has 0 saturated carbocycles. The van der Waals surface area contributed by atoms with E-state index in [4.69, 9.17) is 4.74 Å². The standard InChI is InChI=1S/C28H32F3N8O3P/c1-27(2,15-40)14-39-12-17(10-34-39)19-7-8-21(23(35-19)25(41)32-3)36-24-18(28(29,30)31)11-33-26(38-24)37-20-6-5-16(13-43)9-22(20)42-4/h5-12,40H,13-15,43H2,1-4H3,(H,32,41)(H2,33,36,37,38). The van der Waals surface area contributed by atoms with Gasteiger partial charge in [-0.2, -0.15) is 23.3 Å². The molecule has 0 aliphatic rings. The molecule has 0 radical (unpaired) electrons. The molecule has 1 atom stereocenters. The Morgan fingerprint density at radius 1 is 1.09 bits per heavy atom. The molecule has 0 saturated heterocycles. The molecule has 0 fully saturated rings. The van der Waals surface area contributed by atoms with E-state index in [2.05, 4.69) is 45.2 Å². The zero-order chi connectivity index (χ0) is 31.4. The number of halogens is 3. The molecule has 15 heteroatoms. The molecular weight excluding hydrogens is 584 g/mol. The number of nitrogens with zero attached hydrogens (tertiary/aromatic N) is 5. The van der Waals surface area contributed by atoms with Crippen molar-refractivity contribution in [3.8, 4) is 17.0 Å². The second-order valence-corrected chi connectivity index (χ2v) is 10.8. The summed E-state index contributed by atoms with van der Waals surface area (Å²) in [5, 5.41) is 21.9. The monoisotopic (exact) mass is 616 g/mol. The summed E-state index contributed by atoms with van der Waals surface area (Å²) in [6, 6.07) is 8.34. The number of aliphatic hydroxyl groups excluding tert-OH is 1. The summed E-state index contributed by atoms with van der Waals surface area (Å²) in [4.78, 5) is 25.2. The number of hydrogen-bond acceptors (Lipinski definition) is 9. The van der Waals surface area contributed by atoms with Crippen LogP contribution in [0.25, 0.3) is 11.3 Å². The van der Waals surface area contributed by atoms with Crippen molar-refractivity contribution in [3.05, 3.63) is 65.7 Å². The molecular formula is C28H32F3N8O3P. The van der Waals surface area contributed by atoms with Crippen LogP contribution in [0.4, 0.5) is 36.3 Å². The Labute approximate surface area is 248 Å². The fraction of sp³-hybridized carbons (Fsp3) is 0.321. The lowest BCUT2D eigenvalue weighted by molar-refractivity contribution is -0.137. The predicted molar refractivity (Wildman–Crippen MR) is 160 cm³/mol. The average Bonchev–Trinajstić information content (AvgIpc) is 3.44. The zero-order valence-corrected chi connectivity index (χ0v) is 25.1. The van der Waals surface area contributed by atoms with Gasteiger partial charge in [0.05, 0.1) is 30.4 Å². The minimum Gasteiger partial charge on any atom is -0.495 e. The third kappa shape index (κ3) is 7.57. The Kier molecular flexibility index (Phi) is 9.51. The van der Waals surface area contributed by atoms with Crippen LogP contribution in [0.15, 0.2) is 48.9 Å². The van der Waals surface area contributed by atoms with Crippen molar-refractivity contribution in [1.29, 1.82) is 0 Å². The van der Waals surface area contributed by atoms with Crippen molar-refractivity contribution >= 4 is 38.3 Å². The van der Waals surface area contributed by atoms with Gasteiger partial charge >= 0.3 is 6.18 Å². The van der Waals surface area contributed by atoms with Crippen LogP contribution in [0.3, 0.4) is 0 Å². The van der Waals surface area contributed by atoms with E-state index in [1.807, 2.05) is 19.9 Å². The number of hydrogen-bond donors (Lipinski definition) is 4. The Balaban J connectivity index is 1.71. The zero-order valence-electron chi connectivity index (χ0n) is 24.0. The molecule has 0 aliphatic heterocycles. The number of carbonyl (C=O) groups excluding carboxylic acids is 1. The molecule has 4 rings (SSSR count). The highest BCUT2D eigenvalue weighted by Crippen LogP contribution is 2.37. The molecule has 4 N–H and O–H groups in total. The van der Waals surface area contributed by atoms with Gasteiger partial charge in [-0.25, -0.2) is 9.97 Å². The topological polar surface area (TPSA) is 139 Å². The summed E-state index contributed by atoms with van der Waals surface area (Å²) >= 11 is 0. The highest BCUT2D eigenvalue weighted by molar-refractivity contribution is 7.15. The smallest absolute Gasteiger partial charge is 0.421 e. The number of alkyl halides is 3. The van der Waals surface area contributed by atoms with Crippen LogP contribution in [0.2, 0.25) is 0 Å². The van der Waals surface area contributed by atoms with Crippen LogP contribution in [-0.2, 0) is 18.9 Å². The number of methoxy groups -OCH3 is 1. The van der Waals surface area contributed by atoms with Crippen LogP contribution >= 0.6 is 9.24 Å². The van der Waals surface area contributed by atoms with E-state index in [1.165, 1.54) is 20.2 Å². The van der Waals surface area contributed by atoms with Crippen LogP contribution < -0.4 is 20.7 Å². The molecule has 1 aromatic carbocycles. The van der Waals surface area contributed by atoms with Gasteiger partial charge in [-0.3, -0.25) is 9.48 Å². The number of pyridine rings is 1. The number of amides is 1. The Bertz CT molecular complexity index is 1610. The number of carbonyl (C=O) groups is 1. The first kappa shape index (κ1) is 31.6. The molecule has 0 spiro atoms. The molecule has 4 aromatic rings. The summed E-state index contributed by atoms with van der Waals surface area (Å²) < 4.78 is 49.0. The summed E-state index contributed by atoms with van der Waals surface area (Å²) in [7, 11) is 5.47. The third-order valence-electron chi connectivity index (χ3n) is 6.38. The van der Waals surface area contributed by atoms with Crippen molar-refractivity contribution in [3.63, 3.8) is 0 Å². The maximum atomic E-state index is 14.0.